The number of hydrogen-bond donors (Lipinski definition) is 2. The number of rotatable bonds is 3. The van der Waals surface area contributed by atoms with Gasteiger partial charge in [0, 0.05) is 6.08 Å². The van der Waals surface area contributed by atoms with Crippen LogP contribution >= 0.6 is 0 Å². The van der Waals surface area contributed by atoms with Gasteiger partial charge in [-0.15, -0.1) is 0 Å². The summed E-state index contributed by atoms with van der Waals surface area (Å²) < 4.78 is 0. The third-order valence-electron chi connectivity index (χ3n) is 3.82. The highest BCUT2D eigenvalue weighted by Crippen LogP contribution is 2.21. The lowest BCUT2D eigenvalue weighted by Gasteiger charge is -2.14. The van der Waals surface area contributed by atoms with Crippen molar-refractivity contribution in [1.82, 2.24) is 5.06 Å². The third-order valence-corrected chi connectivity index (χ3v) is 3.82. The molecule has 1 heterocycles. The molecule has 3 aliphatic rings. The zero-order chi connectivity index (χ0) is 16.7. The first-order valence-electron chi connectivity index (χ1n) is 7.89. The monoisotopic (exact) mass is 322 g/mol. The van der Waals surface area contributed by atoms with Crippen LogP contribution in [0.5, 0.6) is 0 Å². The second-order valence-electron chi connectivity index (χ2n) is 5.48. The van der Waals surface area contributed by atoms with Gasteiger partial charge in [-0.25, -0.2) is 5.06 Å². The van der Waals surface area contributed by atoms with Crippen LogP contribution in [-0.2, 0) is 0 Å². The average Bonchev–Trinajstić information content (AvgIpc) is 2.96. The number of nitrogens with zero attached hydrogens (tertiary/aromatic N) is 4. The maximum Gasteiger partial charge on any atom is 0.296 e. The molecule has 0 bridgehead atoms. The minimum absolute atomic E-state index is 0.0259. The molecular weight excluding hydrogens is 300 g/mol. The summed E-state index contributed by atoms with van der Waals surface area (Å²) in [6, 6.07) is 0. The van der Waals surface area contributed by atoms with Gasteiger partial charge in [-0.1, -0.05) is 38.5 Å². The Morgan fingerprint density at radius 2 is 1.83 bits per heavy atom. The van der Waals surface area contributed by atoms with Gasteiger partial charge in [0.05, 0.1) is 23.8 Å². The van der Waals surface area contributed by atoms with Gasteiger partial charge in [0.2, 0.25) is 0 Å². The minimum atomic E-state index is -0.563. The van der Waals surface area contributed by atoms with Gasteiger partial charge >= 0.3 is 0 Å². The smallest absolute Gasteiger partial charge is 0.296 e. The van der Waals surface area contributed by atoms with E-state index in [0.29, 0.717) is 5.70 Å². The highest BCUT2D eigenvalue weighted by Gasteiger charge is 2.34. The predicted molar refractivity (Wildman–Crippen MR) is 86.2 cm³/mol. The standard InChI is InChI=1S/C9H10N4O4.C6H12/c14-4-3-10-9-7(13(16)17)2-1-6-8(9)11-5-12(6)15;1-2-4-6-5-3-1/h1-2,14-15H,3-5H2;1-6H2. The number of aliphatic hydroxyl groups excluding tert-OH is 1. The molecule has 0 amide bonds. The van der Waals surface area contributed by atoms with E-state index in [-0.39, 0.29) is 36.9 Å². The summed E-state index contributed by atoms with van der Waals surface area (Å²) in [6.07, 6.45) is 11.7. The molecule has 1 aliphatic heterocycles. The largest absolute Gasteiger partial charge is 0.394 e. The quantitative estimate of drug-likeness (QED) is 0.468. The van der Waals surface area contributed by atoms with Crippen LogP contribution in [0.3, 0.4) is 0 Å². The molecule has 3 rings (SSSR count). The molecule has 0 aromatic rings. The average molecular weight is 322 g/mol. The topological polar surface area (TPSA) is 112 Å². The Bertz CT molecular complexity index is 550. The van der Waals surface area contributed by atoms with Gasteiger partial charge in [0.1, 0.15) is 12.4 Å². The Morgan fingerprint density at radius 3 is 2.35 bits per heavy atom. The number of aliphatic imine (C=N–C) groups is 2. The van der Waals surface area contributed by atoms with Crippen molar-refractivity contribution in [2.75, 3.05) is 19.8 Å². The molecule has 0 aromatic heterocycles. The van der Waals surface area contributed by atoms with Crippen LogP contribution in [0.2, 0.25) is 0 Å². The summed E-state index contributed by atoms with van der Waals surface area (Å²) in [5.74, 6) is 0. The minimum Gasteiger partial charge on any atom is -0.394 e. The van der Waals surface area contributed by atoms with Crippen molar-refractivity contribution in [3.63, 3.8) is 0 Å². The molecule has 126 valence electrons. The molecule has 0 unspecified atom stereocenters. The van der Waals surface area contributed by atoms with Crippen molar-refractivity contribution < 1.29 is 15.2 Å². The molecule has 0 atom stereocenters. The zero-order valence-electron chi connectivity index (χ0n) is 13.0. The Kier molecular flexibility index (Phi) is 6.42. The van der Waals surface area contributed by atoms with Gasteiger partial charge in [0.25, 0.3) is 5.70 Å². The number of allylic oxidation sites excluding steroid dienone is 4. The van der Waals surface area contributed by atoms with E-state index in [1.54, 1.807) is 0 Å². The van der Waals surface area contributed by atoms with E-state index in [0.717, 1.165) is 5.06 Å². The molecule has 2 aliphatic carbocycles. The van der Waals surface area contributed by atoms with Crippen molar-refractivity contribution in [3.8, 4) is 0 Å². The third kappa shape index (κ3) is 4.46. The van der Waals surface area contributed by atoms with Crippen LogP contribution in [0.25, 0.3) is 0 Å². The molecule has 1 saturated carbocycles. The highest BCUT2D eigenvalue weighted by molar-refractivity contribution is 6.54. The van der Waals surface area contributed by atoms with E-state index >= 15 is 0 Å². The van der Waals surface area contributed by atoms with E-state index in [9.17, 15) is 15.3 Å². The maximum atomic E-state index is 10.8. The second-order valence-corrected chi connectivity index (χ2v) is 5.48. The van der Waals surface area contributed by atoms with Crippen LogP contribution in [0.4, 0.5) is 0 Å². The van der Waals surface area contributed by atoms with Crippen molar-refractivity contribution in [3.05, 3.63) is 33.7 Å². The zero-order valence-corrected chi connectivity index (χ0v) is 13.0. The van der Waals surface area contributed by atoms with E-state index in [1.165, 1.54) is 50.7 Å². The summed E-state index contributed by atoms with van der Waals surface area (Å²) >= 11 is 0. The van der Waals surface area contributed by atoms with Crippen molar-refractivity contribution in [2.24, 2.45) is 9.98 Å². The first-order chi connectivity index (χ1) is 11.1. The molecule has 8 nitrogen and oxygen atoms in total. The van der Waals surface area contributed by atoms with Crippen LogP contribution in [0.1, 0.15) is 38.5 Å². The summed E-state index contributed by atoms with van der Waals surface area (Å²) in [6.45, 7) is -0.125. The molecule has 23 heavy (non-hydrogen) atoms. The predicted octanol–water partition coefficient (Wildman–Crippen LogP) is 1.92. The molecule has 0 aromatic carbocycles. The fraction of sp³-hybridized carbons (Fsp3) is 0.600. The molecule has 0 radical (unpaired) electrons. The van der Waals surface area contributed by atoms with Gasteiger partial charge < -0.3 is 5.11 Å². The van der Waals surface area contributed by atoms with Gasteiger partial charge in [-0.05, 0) is 6.08 Å². The van der Waals surface area contributed by atoms with Crippen molar-refractivity contribution >= 4 is 11.4 Å². The first kappa shape index (κ1) is 17.3. The second kappa shape index (κ2) is 8.54. The lowest BCUT2D eigenvalue weighted by atomic mass is 10.0. The summed E-state index contributed by atoms with van der Waals surface area (Å²) in [4.78, 5) is 18.2. The number of hydroxylamine groups is 2. The summed E-state index contributed by atoms with van der Waals surface area (Å²) in [7, 11) is 0. The maximum absolute atomic E-state index is 10.8. The number of aliphatic hydroxyl groups is 1. The number of nitro groups is 1. The molecule has 8 heteroatoms. The first-order valence-corrected chi connectivity index (χ1v) is 7.89. The van der Waals surface area contributed by atoms with E-state index in [2.05, 4.69) is 9.98 Å². The molecule has 0 saturated heterocycles. The molecule has 2 N–H and O–H groups in total. The fourth-order valence-electron chi connectivity index (χ4n) is 2.66. The van der Waals surface area contributed by atoms with E-state index in [1.807, 2.05) is 0 Å². The van der Waals surface area contributed by atoms with E-state index < -0.39 is 4.92 Å². The lowest BCUT2D eigenvalue weighted by Crippen LogP contribution is -2.28. The Hall–Kier alpha value is -2.06. The van der Waals surface area contributed by atoms with Crippen LogP contribution in [0, 0.1) is 10.1 Å². The molecule has 1 fully saturated rings. The van der Waals surface area contributed by atoms with Crippen molar-refractivity contribution in [1.29, 1.82) is 0 Å². The van der Waals surface area contributed by atoms with Gasteiger partial charge in [0.15, 0.2) is 5.71 Å². The van der Waals surface area contributed by atoms with Gasteiger partial charge in [-0.2, -0.15) is 0 Å². The van der Waals surface area contributed by atoms with Crippen LogP contribution < -0.4 is 0 Å². The highest BCUT2D eigenvalue weighted by atomic mass is 16.6. The lowest BCUT2D eigenvalue weighted by molar-refractivity contribution is -0.414. The molecular formula is C15H22N4O4. The van der Waals surface area contributed by atoms with Crippen LogP contribution in [-0.4, -0.2) is 51.5 Å². The number of fused-ring (bicyclic) bond motifs is 1. The summed E-state index contributed by atoms with van der Waals surface area (Å²) in [5.41, 5.74) is 0.580. The summed E-state index contributed by atoms with van der Waals surface area (Å²) in [5, 5.41) is 29.9. The Labute approximate surface area is 134 Å². The normalized spacial score (nSPS) is 21.7. The fourth-order valence-corrected chi connectivity index (χ4v) is 2.66. The van der Waals surface area contributed by atoms with Gasteiger partial charge in [-0.3, -0.25) is 25.3 Å². The number of hydrogen-bond acceptors (Lipinski definition) is 7. The Balaban J connectivity index is 0.000000268. The Morgan fingerprint density at radius 1 is 1.22 bits per heavy atom. The van der Waals surface area contributed by atoms with Crippen molar-refractivity contribution in [2.45, 2.75) is 38.5 Å². The molecule has 0 spiro atoms. The van der Waals surface area contributed by atoms with Crippen LogP contribution in [0.15, 0.2) is 33.5 Å². The van der Waals surface area contributed by atoms with E-state index in [4.69, 9.17) is 5.11 Å². The SMILES string of the molecule is C1CCCCC1.O=[N+]([O-])C1=CC=C2C(=NCN2O)C1=NCCO.